The number of fused-ring (bicyclic) bond motifs is 4. The van der Waals surface area contributed by atoms with Gasteiger partial charge in [0.15, 0.2) is 0 Å². The van der Waals surface area contributed by atoms with E-state index in [4.69, 9.17) is 0 Å². The molecule has 2 heterocycles. The predicted molar refractivity (Wildman–Crippen MR) is 335 cm³/mol. The second-order valence-corrected chi connectivity index (χ2v) is 24.1. The summed E-state index contributed by atoms with van der Waals surface area (Å²) in [7, 11) is 0. The molecule has 0 radical (unpaired) electrons. The highest BCUT2D eigenvalue weighted by Crippen LogP contribution is 2.54. The molecular weight excluding hydrogens is 928 g/mol. The number of unbranched alkanes of at least 4 members (excludes halogenated alkanes) is 3. The normalized spacial score (nSPS) is 12.9. The summed E-state index contributed by atoms with van der Waals surface area (Å²) in [6.07, 6.45) is 9.88. The van der Waals surface area contributed by atoms with Crippen LogP contribution in [-0.4, -0.2) is 6.71 Å². The van der Waals surface area contributed by atoms with Crippen molar-refractivity contribution in [3.05, 3.63) is 222 Å². The zero-order valence-electron chi connectivity index (χ0n) is 47.3. The van der Waals surface area contributed by atoms with Crippen molar-refractivity contribution in [1.82, 2.24) is 0 Å². The fourth-order valence-electron chi connectivity index (χ4n) is 12.2. The van der Waals surface area contributed by atoms with Crippen molar-refractivity contribution in [2.45, 2.75) is 131 Å². The molecule has 2 nitrogen and oxygen atoms in total. The SMILES string of the molecule is CCCCc1ccc2c(c1)N(c1c(-c3ccccc3)cc(C(C)(C)C)cc1-c1ccccc1)c1cc(CCCC)cc3c1B2c1ccc(CCCC)cc1N3c1c(-c2ccccc2)cc(C(C)(C)C)cc1-c1ccccc1. The van der Waals surface area contributed by atoms with Gasteiger partial charge in [0.25, 0.3) is 6.71 Å². The lowest BCUT2D eigenvalue weighted by molar-refractivity contribution is 0.590. The maximum atomic E-state index is 2.75. The molecule has 9 aromatic carbocycles. The Morgan fingerprint density at radius 2 is 0.636 bits per heavy atom. The summed E-state index contributed by atoms with van der Waals surface area (Å²) >= 11 is 0. The van der Waals surface area contributed by atoms with E-state index in [1.807, 2.05) is 0 Å². The standard InChI is InChI=1S/C74H77BN2/c1-10-13-28-51-39-41-64-66(43-51)76(71-60(54-31-20-16-21-32-54)47-58(73(4,5)6)48-61(71)55-33-22-17-23-34-55)68-45-53(30-15-12-3)46-69-70(68)75(64)65-42-40-52(29-14-11-2)44-67(65)77(69)72-62(56-35-24-18-25-36-56)49-59(74(7,8)9)50-63(72)57-37-26-19-27-38-57/h16-27,31-50H,10-15,28-30H2,1-9H3. The summed E-state index contributed by atoms with van der Waals surface area (Å²) in [5.74, 6) is 0. The third-order valence-electron chi connectivity index (χ3n) is 16.5. The lowest BCUT2D eigenvalue weighted by Crippen LogP contribution is -2.61. The van der Waals surface area contributed by atoms with E-state index in [0.29, 0.717) is 0 Å². The third kappa shape index (κ3) is 10.00. The quantitative estimate of drug-likeness (QED) is 0.0945. The van der Waals surface area contributed by atoms with Gasteiger partial charge in [0.2, 0.25) is 0 Å². The average molecular weight is 1010 g/mol. The first kappa shape index (κ1) is 51.7. The van der Waals surface area contributed by atoms with Gasteiger partial charge in [0.1, 0.15) is 0 Å². The molecule has 0 aliphatic carbocycles. The molecule has 0 saturated carbocycles. The summed E-state index contributed by atoms with van der Waals surface area (Å²) in [6.45, 7) is 21.1. The molecule has 2 aliphatic heterocycles. The summed E-state index contributed by atoms with van der Waals surface area (Å²) in [4.78, 5) is 5.51. The van der Waals surface area contributed by atoms with Crippen LogP contribution in [0.2, 0.25) is 0 Å². The molecule has 386 valence electrons. The van der Waals surface area contributed by atoms with E-state index < -0.39 is 0 Å². The molecule has 0 saturated heterocycles. The van der Waals surface area contributed by atoms with Gasteiger partial charge in [-0.3, -0.25) is 0 Å². The van der Waals surface area contributed by atoms with Gasteiger partial charge in [-0.1, -0.05) is 227 Å². The van der Waals surface area contributed by atoms with Crippen LogP contribution in [0.4, 0.5) is 34.1 Å². The zero-order valence-corrected chi connectivity index (χ0v) is 47.3. The molecule has 77 heavy (non-hydrogen) atoms. The number of aryl methyl sites for hydroxylation is 3. The summed E-state index contributed by atoms with van der Waals surface area (Å²) in [5, 5.41) is 0. The molecule has 0 spiro atoms. The molecule has 0 N–H and O–H groups in total. The van der Waals surface area contributed by atoms with Crippen molar-refractivity contribution in [2.24, 2.45) is 0 Å². The summed E-state index contributed by atoms with van der Waals surface area (Å²) < 4.78 is 0. The van der Waals surface area contributed by atoms with Crippen molar-refractivity contribution >= 4 is 57.2 Å². The fourth-order valence-corrected chi connectivity index (χ4v) is 12.2. The van der Waals surface area contributed by atoms with Crippen LogP contribution in [-0.2, 0) is 30.1 Å². The Morgan fingerprint density at radius 1 is 0.338 bits per heavy atom. The van der Waals surface area contributed by atoms with E-state index >= 15 is 0 Å². The predicted octanol–water partition coefficient (Wildman–Crippen LogP) is 19.1. The molecule has 0 aromatic heterocycles. The van der Waals surface area contributed by atoms with Crippen LogP contribution in [0.15, 0.2) is 194 Å². The maximum absolute atomic E-state index is 2.75. The highest BCUT2D eigenvalue weighted by Gasteiger charge is 2.45. The molecule has 0 atom stereocenters. The topological polar surface area (TPSA) is 6.48 Å². The van der Waals surface area contributed by atoms with Gasteiger partial charge in [-0.2, -0.15) is 0 Å². The van der Waals surface area contributed by atoms with Crippen LogP contribution in [0.1, 0.15) is 129 Å². The van der Waals surface area contributed by atoms with Crippen LogP contribution in [0.5, 0.6) is 0 Å². The molecule has 3 heteroatoms. The first-order valence-electron chi connectivity index (χ1n) is 29.0. The van der Waals surface area contributed by atoms with Crippen LogP contribution in [0.3, 0.4) is 0 Å². The minimum absolute atomic E-state index is 0.0124. The summed E-state index contributed by atoms with van der Waals surface area (Å²) in [5.41, 5.74) is 28.1. The van der Waals surface area contributed by atoms with E-state index in [9.17, 15) is 0 Å². The Balaban J connectivity index is 1.33. The van der Waals surface area contributed by atoms with Crippen molar-refractivity contribution in [3.63, 3.8) is 0 Å². The minimum atomic E-state index is -0.0985. The molecule has 2 aliphatic rings. The smallest absolute Gasteiger partial charge is 0.252 e. The van der Waals surface area contributed by atoms with Crippen LogP contribution >= 0.6 is 0 Å². The molecule has 0 unspecified atom stereocenters. The number of hydrogen-bond donors (Lipinski definition) is 0. The van der Waals surface area contributed by atoms with Crippen molar-refractivity contribution in [1.29, 1.82) is 0 Å². The highest BCUT2D eigenvalue weighted by atomic mass is 15.2. The molecule has 9 aromatic rings. The fraction of sp³-hybridized carbons (Fsp3) is 0.270. The second kappa shape index (κ2) is 21.6. The number of nitrogens with zero attached hydrogens (tertiary/aromatic N) is 2. The van der Waals surface area contributed by atoms with Gasteiger partial charge >= 0.3 is 0 Å². The molecule has 0 amide bonds. The van der Waals surface area contributed by atoms with Gasteiger partial charge in [-0.15, -0.1) is 0 Å². The van der Waals surface area contributed by atoms with E-state index in [0.717, 1.165) is 57.8 Å². The Hall–Kier alpha value is -7.36. The lowest BCUT2D eigenvalue weighted by Gasteiger charge is -2.46. The third-order valence-corrected chi connectivity index (χ3v) is 16.5. The van der Waals surface area contributed by atoms with Gasteiger partial charge in [0, 0.05) is 45.0 Å². The molecule has 11 rings (SSSR count). The first-order valence-corrected chi connectivity index (χ1v) is 29.0. The maximum Gasteiger partial charge on any atom is 0.252 e. The second-order valence-electron chi connectivity index (χ2n) is 24.1. The Kier molecular flexibility index (Phi) is 14.5. The van der Waals surface area contributed by atoms with Crippen LogP contribution < -0.4 is 26.2 Å². The number of hydrogen-bond acceptors (Lipinski definition) is 2. The minimum Gasteiger partial charge on any atom is -0.310 e. The van der Waals surface area contributed by atoms with E-state index in [1.165, 1.54) is 123 Å². The van der Waals surface area contributed by atoms with Crippen molar-refractivity contribution < 1.29 is 0 Å². The van der Waals surface area contributed by atoms with Crippen LogP contribution in [0, 0.1) is 0 Å². The average Bonchev–Trinajstić information content (AvgIpc) is 3.65. The molecular formula is C74H77BN2. The van der Waals surface area contributed by atoms with E-state index in [1.54, 1.807) is 0 Å². The lowest BCUT2D eigenvalue weighted by atomic mass is 9.33. The van der Waals surface area contributed by atoms with Gasteiger partial charge in [-0.25, -0.2) is 0 Å². The Bertz CT molecular complexity index is 3200. The Labute approximate surface area is 462 Å². The zero-order chi connectivity index (χ0) is 53.4. The number of rotatable bonds is 15. The van der Waals surface area contributed by atoms with Gasteiger partial charge < -0.3 is 9.80 Å². The van der Waals surface area contributed by atoms with E-state index in [-0.39, 0.29) is 17.5 Å². The van der Waals surface area contributed by atoms with Crippen molar-refractivity contribution in [2.75, 3.05) is 9.80 Å². The van der Waals surface area contributed by atoms with Gasteiger partial charge in [0.05, 0.1) is 11.4 Å². The van der Waals surface area contributed by atoms with E-state index in [2.05, 4.69) is 266 Å². The summed E-state index contributed by atoms with van der Waals surface area (Å²) in [6, 6.07) is 75.4. The number of benzene rings is 9. The Morgan fingerprint density at radius 3 is 0.935 bits per heavy atom. The molecule has 0 fully saturated rings. The van der Waals surface area contributed by atoms with Gasteiger partial charge in [-0.05, 0) is 164 Å². The first-order chi connectivity index (χ1) is 37.4. The number of anilines is 6. The van der Waals surface area contributed by atoms with Crippen LogP contribution in [0.25, 0.3) is 44.5 Å². The highest BCUT2D eigenvalue weighted by molar-refractivity contribution is 7.00. The monoisotopic (exact) mass is 1000 g/mol. The largest absolute Gasteiger partial charge is 0.310 e. The van der Waals surface area contributed by atoms with Crippen molar-refractivity contribution in [3.8, 4) is 44.5 Å². The molecule has 0 bridgehead atoms.